The Kier molecular flexibility index (Phi) is 5.52. The summed E-state index contributed by atoms with van der Waals surface area (Å²) < 4.78 is 1.47. The molecule has 0 spiro atoms. The van der Waals surface area contributed by atoms with E-state index >= 15 is 0 Å². The predicted octanol–water partition coefficient (Wildman–Crippen LogP) is 2.33. The van der Waals surface area contributed by atoms with Crippen LogP contribution in [0.15, 0.2) is 18.2 Å². The van der Waals surface area contributed by atoms with Crippen molar-refractivity contribution in [2.45, 2.75) is 46.6 Å². The van der Waals surface area contributed by atoms with Gasteiger partial charge in [-0.3, -0.25) is 9.48 Å². The Balaban J connectivity index is 2.93. The van der Waals surface area contributed by atoms with Crippen molar-refractivity contribution < 1.29 is 14.7 Å². The maximum absolute atomic E-state index is 12.3. The smallest absolute Gasteiger partial charge is 0.330 e. The van der Waals surface area contributed by atoms with E-state index in [1.54, 1.807) is 19.2 Å². The number of hydrogen-bond donors (Lipinski definition) is 2. The van der Waals surface area contributed by atoms with Gasteiger partial charge in [0.25, 0.3) is 5.91 Å². The van der Waals surface area contributed by atoms with Gasteiger partial charge in [0.15, 0.2) is 0 Å². The lowest BCUT2D eigenvalue weighted by molar-refractivity contribution is -0.137. The molecule has 1 unspecified atom stereocenters. The molecular weight excluding hydrogens is 282 g/mol. The lowest BCUT2D eigenvalue weighted by Gasteiger charge is -2.15. The molecular formula is C16H25N3O3. The molecule has 0 saturated heterocycles. The number of aryl methyl sites for hydroxylation is 1. The minimum atomic E-state index is -1.10. The van der Waals surface area contributed by atoms with Crippen molar-refractivity contribution in [2.24, 2.45) is 12.5 Å². The Bertz CT molecular complexity index is 580. The number of nitrogens with zero attached hydrogens (tertiary/aromatic N) is 2. The molecule has 0 fully saturated rings. The number of nitrogens with one attached hydrogen (secondary N) is 1. The molecule has 0 aliphatic carbocycles. The van der Waals surface area contributed by atoms with Gasteiger partial charge in [-0.15, -0.1) is 0 Å². The summed E-state index contributed by atoms with van der Waals surface area (Å²) in [6.07, 6.45) is 3.27. The van der Waals surface area contributed by atoms with Crippen LogP contribution in [0, 0.1) is 5.41 Å². The molecule has 0 aliphatic heterocycles. The summed E-state index contributed by atoms with van der Waals surface area (Å²) in [6, 6.07) is 0.621. The largest absolute Gasteiger partial charge is 0.479 e. The van der Waals surface area contributed by atoms with Gasteiger partial charge < -0.3 is 10.4 Å². The molecule has 122 valence electrons. The van der Waals surface area contributed by atoms with Gasteiger partial charge >= 0.3 is 5.97 Å². The number of allylic oxidation sites excluding steroid dienone is 1. The van der Waals surface area contributed by atoms with Gasteiger partial charge in [-0.1, -0.05) is 46.8 Å². The van der Waals surface area contributed by atoms with Crippen LogP contribution in [0.5, 0.6) is 0 Å². The molecule has 1 rings (SSSR count). The topological polar surface area (TPSA) is 84.2 Å². The quantitative estimate of drug-likeness (QED) is 0.818. The minimum absolute atomic E-state index is 0.157. The van der Waals surface area contributed by atoms with Crippen LogP contribution in [-0.4, -0.2) is 32.8 Å². The highest BCUT2D eigenvalue weighted by Gasteiger charge is 2.21. The number of aliphatic carboxylic acids is 1. The Morgan fingerprint density at radius 3 is 2.36 bits per heavy atom. The summed E-state index contributed by atoms with van der Waals surface area (Å²) in [5, 5.41) is 16.0. The van der Waals surface area contributed by atoms with Gasteiger partial charge in [0.05, 0.1) is 5.69 Å². The summed E-state index contributed by atoms with van der Waals surface area (Å²) in [6.45, 7) is 9.84. The fourth-order valence-corrected chi connectivity index (χ4v) is 1.78. The summed E-state index contributed by atoms with van der Waals surface area (Å²) in [4.78, 5) is 23.6. The Labute approximate surface area is 131 Å². The molecule has 1 aromatic rings. The average Bonchev–Trinajstić information content (AvgIpc) is 2.75. The molecule has 2 N–H and O–H groups in total. The van der Waals surface area contributed by atoms with Crippen LogP contribution in [0.3, 0.4) is 0 Å². The van der Waals surface area contributed by atoms with Gasteiger partial charge in [-0.2, -0.15) is 5.10 Å². The molecule has 1 aromatic heterocycles. The number of carboxylic acid groups (broad SMARTS) is 1. The molecule has 0 aromatic carbocycles. The Morgan fingerprint density at radius 1 is 1.36 bits per heavy atom. The van der Waals surface area contributed by atoms with Crippen molar-refractivity contribution >= 4 is 11.9 Å². The monoisotopic (exact) mass is 307 g/mol. The van der Waals surface area contributed by atoms with E-state index in [0.717, 1.165) is 5.69 Å². The minimum Gasteiger partial charge on any atom is -0.479 e. The zero-order chi connectivity index (χ0) is 17.1. The third-order valence-corrected chi connectivity index (χ3v) is 3.06. The lowest BCUT2D eigenvalue weighted by Crippen LogP contribution is -2.40. The number of aromatic nitrogens is 2. The first-order chi connectivity index (χ1) is 10.0. The van der Waals surface area contributed by atoms with Crippen molar-refractivity contribution in [3.8, 4) is 0 Å². The van der Waals surface area contributed by atoms with Crippen LogP contribution in [0.2, 0.25) is 0 Å². The van der Waals surface area contributed by atoms with Crippen LogP contribution in [-0.2, 0) is 11.8 Å². The van der Waals surface area contributed by atoms with Crippen LogP contribution in [0.1, 0.15) is 56.7 Å². The van der Waals surface area contributed by atoms with E-state index in [1.165, 1.54) is 10.8 Å². The van der Waals surface area contributed by atoms with E-state index in [9.17, 15) is 14.7 Å². The summed E-state index contributed by atoms with van der Waals surface area (Å²) in [5.41, 5.74) is 0.985. The summed E-state index contributed by atoms with van der Waals surface area (Å²) in [7, 11) is 1.67. The molecule has 0 bridgehead atoms. The lowest BCUT2D eigenvalue weighted by atomic mass is 9.95. The highest BCUT2D eigenvalue weighted by Crippen LogP contribution is 2.16. The van der Waals surface area contributed by atoms with E-state index < -0.39 is 17.9 Å². The molecule has 0 saturated carbocycles. The fourth-order valence-electron chi connectivity index (χ4n) is 1.78. The SMILES string of the molecule is CC(C)c1cc(C(=O)NC(C=CC(C)(C)C)C(=O)O)n(C)n1. The predicted molar refractivity (Wildman–Crippen MR) is 84.8 cm³/mol. The fraction of sp³-hybridized carbons (Fsp3) is 0.562. The van der Waals surface area contributed by atoms with Crippen LogP contribution >= 0.6 is 0 Å². The molecule has 0 radical (unpaired) electrons. The second kappa shape index (κ2) is 6.77. The zero-order valence-corrected chi connectivity index (χ0v) is 14.0. The van der Waals surface area contributed by atoms with Crippen LogP contribution in [0.25, 0.3) is 0 Å². The van der Waals surface area contributed by atoms with E-state index in [1.807, 2.05) is 34.6 Å². The molecule has 1 amide bonds. The third-order valence-electron chi connectivity index (χ3n) is 3.06. The Hall–Kier alpha value is -2.11. The normalized spacial score (nSPS) is 13.6. The van der Waals surface area contributed by atoms with E-state index in [0.29, 0.717) is 5.69 Å². The van der Waals surface area contributed by atoms with E-state index in [4.69, 9.17) is 0 Å². The second-order valence-electron chi connectivity index (χ2n) is 6.75. The highest BCUT2D eigenvalue weighted by molar-refractivity contribution is 5.95. The van der Waals surface area contributed by atoms with Gasteiger partial charge in [-0.05, 0) is 17.4 Å². The first kappa shape index (κ1) is 17.9. The van der Waals surface area contributed by atoms with Gasteiger partial charge in [0.2, 0.25) is 0 Å². The van der Waals surface area contributed by atoms with Crippen molar-refractivity contribution in [3.63, 3.8) is 0 Å². The van der Waals surface area contributed by atoms with Crippen molar-refractivity contribution in [2.75, 3.05) is 0 Å². The van der Waals surface area contributed by atoms with Gasteiger partial charge in [0.1, 0.15) is 11.7 Å². The van der Waals surface area contributed by atoms with E-state index in [2.05, 4.69) is 10.4 Å². The highest BCUT2D eigenvalue weighted by atomic mass is 16.4. The standard InChI is InChI=1S/C16H25N3O3/c1-10(2)12-9-13(19(6)18-12)14(20)17-11(15(21)22)7-8-16(3,4)5/h7-11H,1-6H3,(H,17,20)(H,21,22). The molecule has 22 heavy (non-hydrogen) atoms. The Morgan fingerprint density at radius 2 is 1.95 bits per heavy atom. The number of carbonyl (C=O) groups excluding carboxylic acids is 1. The molecule has 1 atom stereocenters. The number of carboxylic acids is 1. The van der Waals surface area contributed by atoms with Crippen molar-refractivity contribution in [1.29, 1.82) is 0 Å². The van der Waals surface area contributed by atoms with E-state index in [-0.39, 0.29) is 11.3 Å². The number of hydrogen-bond acceptors (Lipinski definition) is 3. The molecule has 0 aliphatic rings. The summed E-state index contributed by atoms with van der Waals surface area (Å²) in [5.74, 6) is -1.35. The van der Waals surface area contributed by atoms with Crippen molar-refractivity contribution in [1.82, 2.24) is 15.1 Å². The third kappa shape index (κ3) is 5.02. The molecule has 6 heteroatoms. The van der Waals surface area contributed by atoms with Gasteiger partial charge in [-0.25, -0.2) is 4.79 Å². The number of rotatable bonds is 5. The molecule has 1 heterocycles. The first-order valence-corrected chi connectivity index (χ1v) is 7.28. The van der Waals surface area contributed by atoms with Gasteiger partial charge in [0, 0.05) is 7.05 Å². The van der Waals surface area contributed by atoms with Crippen molar-refractivity contribution in [3.05, 3.63) is 29.6 Å². The summed E-state index contributed by atoms with van der Waals surface area (Å²) >= 11 is 0. The average molecular weight is 307 g/mol. The zero-order valence-electron chi connectivity index (χ0n) is 14.0. The second-order valence-corrected chi connectivity index (χ2v) is 6.75. The van der Waals surface area contributed by atoms with Crippen LogP contribution < -0.4 is 5.32 Å². The number of carbonyl (C=O) groups is 2. The van der Waals surface area contributed by atoms with Crippen LogP contribution in [0.4, 0.5) is 0 Å². The maximum Gasteiger partial charge on any atom is 0.330 e. The number of amides is 1. The molecule has 6 nitrogen and oxygen atoms in total. The maximum atomic E-state index is 12.3. The first-order valence-electron chi connectivity index (χ1n) is 7.28.